The summed E-state index contributed by atoms with van der Waals surface area (Å²) in [6.45, 7) is 5.60. The summed E-state index contributed by atoms with van der Waals surface area (Å²) < 4.78 is 5.00. The Morgan fingerprint density at radius 3 is 1.89 bits per heavy atom. The van der Waals surface area contributed by atoms with Crippen LogP contribution in [0.4, 0.5) is 0 Å². The van der Waals surface area contributed by atoms with Crippen LogP contribution in [-0.2, 0) is 4.52 Å². The van der Waals surface area contributed by atoms with E-state index in [0.717, 1.165) is 0 Å². The summed E-state index contributed by atoms with van der Waals surface area (Å²) >= 11 is 10.8. The average molecular weight is 189 g/mol. The average Bonchev–Trinajstić information content (AvgIpc) is 1.59. The lowest BCUT2D eigenvalue weighted by Gasteiger charge is -2.17. The van der Waals surface area contributed by atoms with E-state index in [9.17, 15) is 0 Å². The van der Waals surface area contributed by atoms with Gasteiger partial charge in [0.1, 0.15) is 0 Å². The first-order valence-electron chi connectivity index (χ1n) is 2.66. The van der Waals surface area contributed by atoms with Gasteiger partial charge in [-0.15, -0.1) is 0 Å². The van der Waals surface area contributed by atoms with Gasteiger partial charge in [0.15, 0.2) is 0 Å². The van der Waals surface area contributed by atoms with E-state index in [2.05, 4.69) is 20.8 Å². The van der Waals surface area contributed by atoms with Gasteiger partial charge in [-0.1, -0.05) is 20.8 Å². The smallest absolute Gasteiger partial charge is 0.225 e. The maximum Gasteiger partial charge on any atom is 0.225 e. The molecule has 0 saturated heterocycles. The number of hydrogen-bond acceptors (Lipinski definition) is 1. The van der Waals surface area contributed by atoms with E-state index in [1.165, 1.54) is 0 Å². The second-order valence-electron chi connectivity index (χ2n) is 3.04. The third kappa shape index (κ3) is 8.97. The molecule has 0 unspecified atom stereocenters. The predicted octanol–water partition coefficient (Wildman–Crippen LogP) is 3.75. The van der Waals surface area contributed by atoms with Crippen molar-refractivity contribution < 1.29 is 4.52 Å². The normalized spacial score (nSPS) is 12.7. The fraction of sp³-hybridized carbons (Fsp3) is 1.00. The van der Waals surface area contributed by atoms with Crippen LogP contribution in [-0.4, -0.2) is 6.61 Å². The van der Waals surface area contributed by atoms with Crippen LogP contribution in [0.3, 0.4) is 0 Å². The van der Waals surface area contributed by atoms with Gasteiger partial charge in [-0.25, -0.2) is 0 Å². The molecule has 0 amide bonds. The molecule has 0 aromatic heterocycles. The topological polar surface area (TPSA) is 9.23 Å². The molecule has 0 bridgehead atoms. The third-order valence-electron chi connectivity index (χ3n) is 0.595. The van der Waals surface area contributed by atoms with E-state index in [1.54, 1.807) is 0 Å². The summed E-state index contributed by atoms with van der Waals surface area (Å²) in [6, 6.07) is 0. The Morgan fingerprint density at radius 2 is 1.78 bits per heavy atom. The number of halogens is 2. The molecule has 0 aliphatic heterocycles. The minimum atomic E-state index is -1.22. The molecule has 0 spiro atoms. The monoisotopic (exact) mass is 188 g/mol. The summed E-state index contributed by atoms with van der Waals surface area (Å²) in [5, 5.41) is 0. The standard InChI is InChI=1S/C5H11Cl2OP/c1-5(2,3)4-8-9(6)7/h4H2,1-3H3. The molecule has 0 aliphatic carbocycles. The minimum absolute atomic E-state index is 0.157. The molecule has 56 valence electrons. The van der Waals surface area contributed by atoms with Gasteiger partial charge in [0.05, 0.1) is 6.61 Å². The zero-order valence-corrected chi connectivity index (χ0v) is 8.22. The Bertz CT molecular complexity index is 79.5. The third-order valence-corrected chi connectivity index (χ3v) is 1.50. The predicted molar refractivity (Wildman–Crippen MR) is 44.0 cm³/mol. The van der Waals surface area contributed by atoms with Crippen LogP contribution in [0.2, 0.25) is 0 Å². The summed E-state index contributed by atoms with van der Waals surface area (Å²) in [7, 11) is 0. The Balaban J connectivity index is 3.28. The quantitative estimate of drug-likeness (QED) is 0.601. The van der Waals surface area contributed by atoms with Gasteiger partial charge >= 0.3 is 0 Å². The lowest BCUT2D eigenvalue weighted by Crippen LogP contribution is -2.11. The van der Waals surface area contributed by atoms with Crippen molar-refractivity contribution in [2.45, 2.75) is 20.8 Å². The molecule has 0 fully saturated rings. The molecule has 0 atom stereocenters. The maximum atomic E-state index is 5.39. The Morgan fingerprint density at radius 1 is 1.33 bits per heavy atom. The summed E-state index contributed by atoms with van der Waals surface area (Å²) in [5.41, 5.74) is 0.157. The highest BCUT2D eigenvalue weighted by atomic mass is 35.9. The van der Waals surface area contributed by atoms with Gasteiger partial charge in [0.2, 0.25) is 6.85 Å². The SMILES string of the molecule is CC(C)(C)COP(Cl)Cl. The van der Waals surface area contributed by atoms with Crippen LogP contribution in [0.15, 0.2) is 0 Å². The summed E-state index contributed by atoms with van der Waals surface area (Å²) in [5.74, 6) is 0. The highest BCUT2D eigenvalue weighted by molar-refractivity contribution is 8.00. The summed E-state index contributed by atoms with van der Waals surface area (Å²) in [6.07, 6.45) is 0. The number of rotatable bonds is 2. The molecule has 0 radical (unpaired) electrons. The highest BCUT2D eigenvalue weighted by Gasteiger charge is 2.12. The maximum absolute atomic E-state index is 5.39. The van der Waals surface area contributed by atoms with E-state index in [4.69, 9.17) is 27.0 Å². The molecule has 0 saturated carbocycles. The van der Waals surface area contributed by atoms with E-state index < -0.39 is 6.85 Å². The molecule has 0 aromatic rings. The van der Waals surface area contributed by atoms with E-state index in [-0.39, 0.29) is 5.41 Å². The molecule has 0 N–H and O–H groups in total. The molecule has 0 aromatic carbocycles. The zero-order valence-electron chi connectivity index (χ0n) is 5.82. The van der Waals surface area contributed by atoms with Gasteiger partial charge < -0.3 is 4.52 Å². The molecule has 1 nitrogen and oxygen atoms in total. The van der Waals surface area contributed by atoms with Crippen LogP contribution in [0, 0.1) is 5.41 Å². The van der Waals surface area contributed by atoms with Crippen molar-refractivity contribution in [2.24, 2.45) is 5.41 Å². The molecule has 4 heteroatoms. The van der Waals surface area contributed by atoms with E-state index in [1.807, 2.05) is 0 Å². The van der Waals surface area contributed by atoms with Gasteiger partial charge in [-0.2, -0.15) is 0 Å². The molecule has 9 heavy (non-hydrogen) atoms. The fourth-order valence-electron chi connectivity index (χ4n) is 0.242. The van der Waals surface area contributed by atoms with E-state index >= 15 is 0 Å². The van der Waals surface area contributed by atoms with Gasteiger partial charge in [0, 0.05) is 0 Å². The molecular weight excluding hydrogens is 178 g/mol. The van der Waals surface area contributed by atoms with Crippen LogP contribution in [0.25, 0.3) is 0 Å². The van der Waals surface area contributed by atoms with Crippen molar-refractivity contribution in [1.82, 2.24) is 0 Å². The Labute approximate surface area is 67.1 Å². The minimum Gasteiger partial charge on any atom is -0.331 e. The number of hydrogen-bond donors (Lipinski definition) is 0. The van der Waals surface area contributed by atoms with E-state index in [0.29, 0.717) is 6.61 Å². The van der Waals surface area contributed by atoms with Crippen molar-refractivity contribution in [3.8, 4) is 0 Å². The first-order chi connectivity index (χ1) is 3.92. The molecule has 0 aliphatic rings. The lowest BCUT2D eigenvalue weighted by atomic mass is 9.99. The first-order valence-corrected chi connectivity index (χ1v) is 5.73. The van der Waals surface area contributed by atoms with Crippen molar-refractivity contribution >= 4 is 29.3 Å². The second-order valence-corrected chi connectivity index (χ2v) is 6.06. The van der Waals surface area contributed by atoms with Crippen molar-refractivity contribution in [3.05, 3.63) is 0 Å². The van der Waals surface area contributed by atoms with Crippen LogP contribution in [0.1, 0.15) is 20.8 Å². The lowest BCUT2D eigenvalue weighted by molar-refractivity contribution is 0.222. The van der Waals surface area contributed by atoms with Gasteiger partial charge in [0.25, 0.3) is 0 Å². The second kappa shape index (κ2) is 3.98. The molecule has 0 heterocycles. The van der Waals surface area contributed by atoms with Gasteiger partial charge in [-0.3, -0.25) is 0 Å². The Hall–Kier alpha value is 0.970. The largest absolute Gasteiger partial charge is 0.331 e. The van der Waals surface area contributed by atoms with Crippen LogP contribution < -0.4 is 0 Å². The zero-order chi connectivity index (χ0) is 7.49. The van der Waals surface area contributed by atoms with Crippen LogP contribution in [0.5, 0.6) is 0 Å². The molecule has 0 rings (SSSR count). The van der Waals surface area contributed by atoms with Crippen molar-refractivity contribution in [3.63, 3.8) is 0 Å². The highest BCUT2D eigenvalue weighted by Crippen LogP contribution is 2.48. The van der Waals surface area contributed by atoms with Crippen molar-refractivity contribution in [2.75, 3.05) is 6.61 Å². The van der Waals surface area contributed by atoms with Gasteiger partial charge in [-0.05, 0) is 27.9 Å². The van der Waals surface area contributed by atoms with Crippen molar-refractivity contribution in [1.29, 1.82) is 0 Å². The molecular formula is C5H11Cl2OP. The fourth-order valence-corrected chi connectivity index (χ4v) is 1.02. The summed E-state index contributed by atoms with van der Waals surface area (Å²) in [4.78, 5) is 0. The Kier molecular flexibility index (Phi) is 4.41. The first kappa shape index (κ1) is 9.97. The van der Waals surface area contributed by atoms with Crippen LogP contribution >= 0.6 is 29.3 Å².